The number of rotatable bonds is 2. The maximum absolute atomic E-state index is 11.8. The monoisotopic (exact) mass is 279 g/mol. The number of amides is 1. The molecule has 1 aliphatic heterocycles. The molecule has 21 heavy (non-hydrogen) atoms. The van der Waals surface area contributed by atoms with Gasteiger partial charge in [0, 0.05) is 21.9 Å². The Labute approximate surface area is 119 Å². The van der Waals surface area contributed by atoms with Crippen LogP contribution in [0.4, 0.5) is 0 Å². The van der Waals surface area contributed by atoms with Gasteiger partial charge in [0.1, 0.15) is 11.3 Å². The van der Waals surface area contributed by atoms with Crippen LogP contribution in [0.3, 0.4) is 0 Å². The normalized spacial score (nSPS) is 15.5. The number of fused-ring (bicyclic) bond motifs is 3. The first kappa shape index (κ1) is 11.8. The van der Waals surface area contributed by atoms with Gasteiger partial charge in [-0.1, -0.05) is 18.2 Å². The Morgan fingerprint density at radius 1 is 1.19 bits per heavy atom. The van der Waals surface area contributed by atoms with Gasteiger partial charge >= 0.3 is 5.97 Å². The van der Waals surface area contributed by atoms with Gasteiger partial charge in [-0.3, -0.25) is 4.79 Å². The number of benzene rings is 2. The second-order valence-corrected chi connectivity index (χ2v) is 4.86. The number of carbonyl (C=O) groups is 2. The van der Waals surface area contributed by atoms with Gasteiger partial charge < -0.3 is 9.84 Å². The summed E-state index contributed by atoms with van der Waals surface area (Å²) in [7, 11) is 1.59. The van der Waals surface area contributed by atoms with E-state index in [0.29, 0.717) is 17.0 Å². The number of ether oxygens (including phenoxy) is 1. The van der Waals surface area contributed by atoms with E-state index in [0.717, 1.165) is 21.9 Å². The minimum absolute atomic E-state index is 0.257. The quantitative estimate of drug-likeness (QED) is 0.853. The van der Waals surface area contributed by atoms with E-state index in [1.807, 2.05) is 18.2 Å². The van der Waals surface area contributed by atoms with Gasteiger partial charge in [-0.25, -0.2) is 9.79 Å². The van der Waals surface area contributed by atoms with E-state index in [-0.39, 0.29) is 5.57 Å². The third-order valence-corrected chi connectivity index (χ3v) is 3.87. The fourth-order valence-electron chi connectivity index (χ4n) is 3.06. The van der Waals surface area contributed by atoms with Crippen molar-refractivity contribution in [2.45, 2.75) is 0 Å². The molecule has 2 aliphatic rings. The molecule has 0 unspecified atom stereocenters. The van der Waals surface area contributed by atoms with Gasteiger partial charge in [-0.05, 0) is 17.7 Å². The lowest BCUT2D eigenvalue weighted by Gasteiger charge is -2.07. The summed E-state index contributed by atoms with van der Waals surface area (Å²) in [6, 6.07) is 9.16. The molecule has 5 heteroatoms. The Bertz CT molecular complexity index is 921. The smallest absolute Gasteiger partial charge is 0.342 e. The number of allylic oxidation sites excluding steroid dienone is 1. The summed E-state index contributed by atoms with van der Waals surface area (Å²) in [5, 5.41) is 11.1. The summed E-state index contributed by atoms with van der Waals surface area (Å²) in [6.45, 7) is 0. The van der Waals surface area contributed by atoms with Gasteiger partial charge in [0.25, 0.3) is 5.91 Å². The van der Waals surface area contributed by atoms with Crippen LogP contribution in [0.1, 0.15) is 11.1 Å². The van der Waals surface area contributed by atoms with Crippen LogP contribution in [0.5, 0.6) is 5.75 Å². The Hall–Kier alpha value is -2.95. The zero-order valence-corrected chi connectivity index (χ0v) is 11.0. The Balaban J connectivity index is 2.18. The van der Waals surface area contributed by atoms with Gasteiger partial charge in [-0.15, -0.1) is 0 Å². The van der Waals surface area contributed by atoms with Gasteiger partial charge in [0.2, 0.25) is 0 Å². The molecule has 1 heterocycles. The SMILES string of the molecule is COc1ccc2c3c(cccc13)C1=NC(=O)C(C(=O)O)=C12. The van der Waals surface area contributed by atoms with Crippen LogP contribution in [0.25, 0.3) is 16.3 Å². The number of nitrogens with zero attached hydrogens (tertiary/aromatic N) is 1. The zero-order chi connectivity index (χ0) is 14.7. The predicted molar refractivity (Wildman–Crippen MR) is 76.6 cm³/mol. The molecule has 1 N–H and O–H groups in total. The zero-order valence-electron chi connectivity index (χ0n) is 11.0. The lowest BCUT2D eigenvalue weighted by Crippen LogP contribution is -2.08. The summed E-state index contributed by atoms with van der Waals surface area (Å²) in [5.41, 5.74) is 2.12. The average Bonchev–Trinajstić information content (AvgIpc) is 2.96. The number of carboxylic acid groups (broad SMARTS) is 1. The molecule has 0 radical (unpaired) electrons. The molecule has 0 atom stereocenters. The number of hydrogen-bond acceptors (Lipinski definition) is 3. The van der Waals surface area contributed by atoms with Crippen LogP contribution in [0.15, 0.2) is 40.9 Å². The van der Waals surface area contributed by atoms with E-state index >= 15 is 0 Å². The van der Waals surface area contributed by atoms with Crippen LogP contribution in [-0.2, 0) is 9.59 Å². The van der Waals surface area contributed by atoms with E-state index in [9.17, 15) is 14.7 Å². The summed E-state index contributed by atoms with van der Waals surface area (Å²) in [4.78, 5) is 27.1. The number of carbonyl (C=O) groups excluding carboxylic acids is 1. The lowest BCUT2D eigenvalue weighted by molar-refractivity contribution is -0.134. The fourth-order valence-corrected chi connectivity index (χ4v) is 3.06. The van der Waals surface area contributed by atoms with Crippen molar-refractivity contribution in [1.29, 1.82) is 0 Å². The number of hydrogen-bond donors (Lipinski definition) is 1. The first-order chi connectivity index (χ1) is 10.1. The first-order valence-electron chi connectivity index (χ1n) is 6.35. The molecule has 0 bridgehead atoms. The van der Waals surface area contributed by atoms with E-state index < -0.39 is 11.9 Å². The number of aliphatic carboxylic acids is 1. The molecule has 2 aromatic rings. The lowest BCUT2D eigenvalue weighted by atomic mass is 10.0. The topological polar surface area (TPSA) is 76.0 Å². The minimum Gasteiger partial charge on any atom is -0.496 e. The molecule has 5 nitrogen and oxygen atoms in total. The van der Waals surface area contributed by atoms with Crippen molar-refractivity contribution >= 4 is 33.9 Å². The number of methoxy groups -OCH3 is 1. The molecule has 2 aromatic carbocycles. The maximum atomic E-state index is 11.8. The minimum atomic E-state index is -1.24. The van der Waals surface area contributed by atoms with Crippen molar-refractivity contribution < 1.29 is 19.4 Å². The van der Waals surface area contributed by atoms with Crippen LogP contribution in [-0.4, -0.2) is 29.8 Å². The predicted octanol–water partition coefficient (Wildman–Crippen LogP) is 2.03. The van der Waals surface area contributed by atoms with Crippen molar-refractivity contribution in [3.63, 3.8) is 0 Å². The fraction of sp³-hybridized carbons (Fsp3) is 0.0625. The van der Waals surface area contributed by atoms with Crippen molar-refractivity contribution in [3.8, 4) is 5.75 Å². The van der Waals surface area contributed by atoms with Crippen LogP contribution < -0.4 is 4.74 Å². The Morgan fingerprint density at radius 2 is 2.00 bits per heavy atom. The van der Waals surface area contributed by atoms with Crippen molar-refractivity contribution in [1.82, 2.24) is 0 Å². The molecule has 1 aliphatic carbocycles. The van der Waals surface area contributed by atoms with Gasteiger partial charge in [0.15, 0.2) is 0 Å². The third kappa shape index (κ3) is 1.32. The summed E-state index contributed by atoms with van der Waals surface area (Å²) < 4.78 is 5.34. The average molecular weight is 279 g/mol. The molecule has 0 saturated heterocycles. The molecule has 0 spiro atoms. The first-order valence-corrected chi connectivity index (χ1v) is 6.35. The van der Waals surface area contributed by atoms with E-state index in [1.165, 1.54) is 0 Å². The number of aliphatic imine (C=N–C) groups is 1. The number of carboxylic acids is 1. The third-order valence-electron chi connectivity index (χ3n) is 3.87. The molecule has 1 amide bonds. The highest BCUT2D eigenvalue weighted by Gasteiger charge is 2.38. The standard InChI is InChI=1S/C16H9NO4/c1-21-10-6-5-8-11-7(10)3-2-4-9(11)14-12(8)13(16(19)20)15(18)17-14/h2-6H,1H3,(H,19,20). The molecule has 4 rings (SSSR count). The molecular formula is C16H9NO4. The van der Waals surface area contributed by atoms with Crippen molar-refractivity contribution in [3.05, 3.63) is 47.0 Å². The molecule has 0 fully saturated rings. The molecular weight excluding hydrogens is 270 g/mol. The molecule has 0 aromatic heterocycles. The Kier molecular flexibility index (Phi) is 2.14. The second-order valence-electron chi connectivity index (χ2n) is 4.86. The van der Waals surface area contributed by atoms with E-state index in [1.54, 1.807) is 19.2 Å². The van der Waals surface area contributed by atoms with Crippen molar-refractivity contribution in [2.24, 2.45) is 4.99 Å². The summed E-state index contributed by atoms with van der Waals surface area (Å²) >= 11 is 0. The van der Waals surface area contributed by atoms with Crippen LogP contribution in [0, 0.1) is 0 Å². The van der Waals surface area contributed by atoms with Gasteiger partial charge in [-0.2, -0.15) is 0 Å². The second kappa shape index (κ2) is 3.79. The highest BCUT2D eigenvalue weighted by Crippen LogP contribution is 2.45. The van der Waals surface area contributed by atoms with Crippen LogP contribution in [0.2, 0.25) is 0 Å². The molecule has 0 saturated carbocycles. The Morgan fingerprint density at radius 3 is 2.71 bits per heavy atom. The van der Waals surface area contributed by atoms with Gasteiger partial charge in [0.05, 0.1) is 12.8 Å². The summed E-state index contributed by atoms with van der Waals surface area (Å²) in [5.74, 6) is -1.23. The van der Waals surface area contributed by atoms with E-state index in [4.69, 9.17) is 4.74 Å². The van der Waals surface area contributed by atoms with Crippen LogP contribution >= 0.6 is 0 Å². The largest absolute Gasteiger partial charge is 0.496 e. The highest BCUT2D eigenvalue weighted by molar-refractivity contribution is 6.53. The highest BCUT2D eigenvalue weighted by atomic mass is 16.5. The summed E-state index contributed by atoms with van der Waals surface area (Å²) in [6.07, 6.45) is 0. The maximum Gasteiger partial charge on any atom is 0.342 e. The van der Waals surface area contributed by atoms with E-state index in [2.05, 4.69) is 4.99 Å². The molecule has 102 valence electrons. The van der Waals surface area contributed by atoms with Crippen molar-refractivity contribution in [2.75, 3.05) is 7.11 Å².